The Balaban J connectivity index is 0. The van der Waals surface area contributed by atoms with Crippen molar-refractivity contribution < 1.29 is 29.9 Å². The summed E-state index contributed by atoms with van der Waals surface area (Å²) in [4.78, 5) is 45.3. The zero-order valence-electron chi connectivity index (χ0n) is 26.2. The molecule has 4 radical (unpaired) electrons. The molecular formula is C32H52O8Pb2. The van der Waals surface area contributed by atoms with Crippen molar-refractivity contribution in [2.24, 2.45) is 0 Å². The Morgan fingerprint density at radius 1 is 0.405 bits per heavy atom. The van der Waals surface area contributed by atoms with Crippen LogP contribution in [0.1, 0.15) is 130 Å². The SMILES string of the molecule is CCCCCC=CC(=O)[O][Pb][O]C(=O)C=CCCCCC.CCCCCC=CC(=O)[O][Pb][O]C(=O)C=CCCCCC. The summed E-state index contributed by atoms with van der Waals surface area (Å²) in [5, 5.41) is 0. The van der Waals surface area contributed by atoms with Gasteiger partial charge in [0.15, 0.2) is 0 Å². The van der Waals surface area contributed by atoms with E-state index in [1.807, 2.05) is 24.3 Å². The van der Waals surface area contributed by atoms with E-state index >= 15 is 0 Å². The maximum absolute atomic E-state index is 11.3. The first-order valence-electron chi connectivity index (χ1n) is 15.4. The van der Waals surface area contributed by atoms with Gasteiger partial charge in [0.1, 0.15) is 0 Å². The van der Waals surface area contributed by atoms with Gasteiger partial charge in [0.05, 0.1) is 0 Å². The first-order valence-corrected chi connectivity index (χ1v) is 21.7. The molecule has 0 unspecified atom stereocenters. The summed E-state index contributed by atoms with van der Waals surface area (Å²) in [6.07, 6.45) is 30.2. The number of carbonyl (C=O) groups excluding carboxylic acids is 4. The molecule has 0 aromatic rings. The Hall–Kier alpha value is -1.32. The number of hydrogen-bond donors (Lipinski definition) is 0. The van der Waals surface area contributed by atoms with E-state index < -0.39 is 74.2 Å². The molecular weight excluding hydrogens is 927 g/mol. The summed E-state index contributed by atoms with van der Waals surface area (Å²) < 4.78 is 19.8. The van der Waals surface area contributed by atoms with E-state index in [4.69, 9.17) is 10.7 Å². The molecule has 0 amide bonds. The fourth-order valence-corrected chi connectivity index (χ4v) is 5.77. The second-order valence-corrected chi connectivity index (χ2v) is 13.9. The molecule has 0 spiro atoms. The van der Waals surface area contributed by atoms with Crippen molar-refractivity contribution in [2.75, 3.05) is 0 Å². The summed E-state index contributed by atoms with van der Waals surface area (Å²) in [5.74, 6) is -1.58. The van der Waals surface area contributed by atoms with E-state index in [0.717, 1.165) is 77.0 Å². The van der Waals surface area contributed by atoms with Gasteiger partial charge in [-0.05, 0) is 0 Å². The average molecular weight is 979 g/mol. The van der Waals surface area contributed by atoms with Crippen LogP contribution in [0, 0.1) is 0 Å². The van der Waals surface area contributed by atoms with Crippen LogP contribution < -0.4 is 0 Å². The van der Waals surface area contributed by atoms with E-state index in [1.54, 1.807) is 0 Å². The molecule has 0 aromatic carbocycles. The van der Waals surface area contributed by atoms with Gasteiger partial charge in [0.2, 0.25) is 0 Å². The van der Waals surface area contributed by atoms with Gasteiger partial charge in [-0.2, -0.15) is 0 Å². The van der Waals surface area contributed by atoms with Crippen LogP contribution in [-0.2, 0) is 29.9 Å². The number of allylic oxidation sites excluding steroid dienone is 4. The molecule has 0 saturated heterocycles. The Kier molecular flexibility index (Phi) is 36.6. The fraction of sp³-hybridized carbons (Fsp3) is 0.625. The molecule has 0 aliphatic rings. The van der Waals surface area contributed by atoms with Crippen molar-refractivity contribution in [2.45, 2.75) is 130 Å². The van der Waals surface area contributed by atoms with Gasteiger partial charge in [-0.1, -0.05) is 0 Å². The van der Waals surface area contributed by atoms with Crippen LogP contribution in [0.15, 0.2) is 48.6 Å². The van der Waals surface area contributed by atoms with E-state index in [-0.39, 0.29) is 0 Å². The molecule has 0 heterocycles. The Morgan fingerprint density at radius 3 is 0.810 bits per heavy atom. The molecule has 10 heteroatoms. The zero-order chi connectivity index (χ0) is 31.5. The number of rotatable bonds is 24. The number of unbranched alkanes of at least 4 members (excludes halogenated alkanes) is 12. The van der Waals surface area contributed by atoms with Gasteiger partial charge < -0.3 is 0 Å². The molecule has 0 N–H and O–H groups in total. The number of carbonyl (C=O) groups is 4. The van der Waals surface area contributed by atoms with Crippen molar-refractivity contribution in [3.05, 3.63) is 48.6 Å². The molecule has 0 aliphatic carbocycles. The van der Waals surface area contributed by atoms with Crippen molar-refractivity contribution in [3.8, 4) is 0 Å². The topological polar surface area (TPSA) is 105 Å². The first-order chi connectivity index (χ1) is 20.4. The summed E-state index contributed by atoms with van der Waals surface area (Å²) >= 11 is -4.13. The second kappa shape index (κ2) is 35.9. The molecule has 0 saturated carbocycles. The molecule has 0 atom stereocenters. The number of hydrogen-bond acceptors (Lipinski definition) is 8. The van der Waals surface area contributed by atoms with Crippen molar-refractivity contribution in [1.29, 1.82) is 0 Å². The normalized spacial score (nSPS) is 11.1. The van der Waals surface area contributed by atoms with E-state index in [1.165, 1.54) is 50.0 Å². The fourth-order valence-electron chi connectivity index (χ4n) is 3.11. The molecule has 236 valence electrons. The second-order valence-electron chi connectivity index (χ2n) is 9.44. The summed E-state index contributed by atoms with van der Waals surface area (Å²) in [6.45, 7) is 8.55. The maximum atomic E-state index is 11.3. The van der Waals surface area contributed by atoms with Crippen LogP contribution in [0.2, 0.25) is 0 Å². The van der Waals surface area contributed by atoms with Gasteiger partial charge in [0.25, 0.3) is 0 Å². The minimum absolute atomic E-state index is 0.394. The molecule has 0 aliphatic heterocycles. The van der Waals surface area contributed by atoms with Gasteiger partial charge in [0, 0.05) is 0 Å². The van der Waals surface area contributed by atoms with Crippen LogP contribution >= 0.6 is 0 Å². The molecule has 0 bridgehead atoms. The predicted octanol–water partition coefficient (Wildman–Crippen LogP) is 7.76. The summed E-state index contributed by atoms with van der Waals surface area (Å²) in [5.41, 5.74) is 0. The van der Waals surface area contributed by atoms with E-state index in [2.05, 4.69) is 27.7 Å². The van der Waals surface area contributed by atoms with Crippen LogP contribution in [0.25, 0.3) is 0 Å². The third-order valence-electron chi connectivity index (χ3n) is 5.48. The van der Waals surface area contributed by atoms with Gasteiger partial charge in [-0.15, -0.1) is 0 Å². The molecule has 0 rings (SSSR count). The minimum atomic E-state index is -2.07. The van der Waals surface area contributed by atoms with Gasteiger partial charge in [-0.25, -0.2) is 0 Å². The van der Waals surface area contributed by atoms with Gasteiger partial charge >= 0.3 is 283 Å². The molecule has 0 fully saturated rings. The summed E-state index contributed by atoms with van der Waals surface area (Å²) in [6, 6.07) is 0. The molecule has 0 aromatic heterocycles. The van der Waals surface area contributed by atoms with Gasteiger partial charge in [-0.3, -0.25) is 0 Å². The predicted molar refractivity (Wildman–Crippen MR) is 169 cm³/mol. The van der Waals surface area contributed by atoms with Crippen LogP contribution in [0.5, 0.6) is 0 Å². The Bertz CT molecular complexity index is 676. The van der Waals surface area contributed by atoms with Crippen molar-refractivity contribution in [1.82, 2.24) is 0 Å². The Labute approximate surface area is 281 Å². The van der Waals surface area contributed by atoms with Crippen LogP contribution in [0.3, 0.4) is 0 Å². The quantitative estimate of drug-likeness (QED) is 0.0550. The Morgan fingerprint density at radius 2 is 0.619 bits per heavy atom. The standard InChI is InChI=1S/4C8H14O2.2Pb/c4*1-2-3-4-5-6-7-8(9)10;;/h4*6-7H,2-5H2,1H3,(H,9,10);;/q;;;;2*+2/p-4. The monoisotopic (exact) mass is 980 g/mol. The van der Waals surface area contributed by atoms with E-state index in [0.29, 0.717) is 0 Å². The molecule has 8 nitrogen and oxygen atoms in total. The van der Waals surface area contributed by atoms with E-state index in [9.17, 15) is 19.2 Å². The third-order valence-corrected chi connectivity index (χ3v) is 9.91. The third kappa shape index (κ3) is 36.7. The summed E-state index contributed by atoms with van der Waals surface area (Å²) in [7, 11) is 0. The zero-order valence-corrected chi connectivity index (χ0v) is 34.0. The molecule has 42 heavy (non-hydrogen) atoms. The van der Waals surface area contributed by atoms with Crippen LogP contribution in [-0.4, -0.2) is 74.2 Å². The first kappa shape index (κ1) is 42.8. The van der Waals surface area contributed by atoms with Crippen LogP contribution in [0.4, 0.5) is 0 Å². The van der Waals surface area contributed by atoms with Crippen molar-refractivity contribution in [3.63, 3.8) is 0 Å². The average Bonchev–Trinajstić information content (AvgIpc) is 2.97. The van der Waals surface area contributed by atoms with Crippen molar-refractivity contribution >= 4 is 74.2 Å².